The van der Waals surface area contributed by atoms with Crippen LogP contribution in [0.1, 0.15) is 52.9 Å². The van der Waals surface area contributed by atoms with Gasteiger partial charge in [0, 0.05) is 13.6 Å². The van der Waals surface area contributed by atoms with E-state index in [0.29, 0.717) is 19.4 Å². The Kier molecular flexibility index (Phi) is 10.9. The lowest BCUT2D eigenvalue weighted by Crippen LogP contribution is -2.34. The Balaban J connectivity index is 2.52. The Hall–Kier alpha value is -2.23. The molecular weight excluding hydrogens is 419 g/mol. The second-order valence-corrected chi connectivity index (χ2v) is 10.6. The molecule has 10 heteroatoms. The fraction of sp³-hybridized carbons (Fsp3) is 0.619. The summed E-state index contributed by atoms with van der Waals surface area (Å²) in [6.45, 7) is 5.74. The largest absolute Gasteiger partial charge is 0.449 e. The predicted octanol–water partition coefficient (Wildman–Crippen LogP) is 3.46. The molecular formula is C21H33BN2O6S. The molecule has 172 valence electrons. The molecule has 1 unspecified atom stereocenters. The van der Waals surface area contributed by atoms with Crippen molar-refractivity contribution in [2.24, 2.45) is 0 Å². The predicted molar refractivity (Wildman–Crippen MR) is 120 cm³/mol. The van der Waals surface area contributed by atoms with Crippen LogP contribution in [0.5, 0.6) is 0 Å². The Labute approximate surface area is 187 Å². The van der Waals surface area contributed by atoms with Crippen LogP contribution < -0.4 is 5.23 Å². The number of hydrogen-bond donors (Lipinski definition) is 1. The number of nitrogens with zero attached hydrogens (tertiary/aromatic N) is 1. The minimum absolute atomic E-state index is 0.191. The molecule has 0 saturated heterocycles. The molecule has 2 amide bonds. The smallest absolute Gasteiger partial charge is 0.410 e. The zero-order chi connectivity index (χ0) is 23.5. The summed E-state index contributed by atoms with van der Waals surface area (Å²) >= 11 is 0. The van der Waals surface area contributed by atoms with Crippen molar-refractivity contribution in [1.29, 1.82) is 0 Å². The van der Waals surface area contributed by atoms with E-state index in [2.05, 4.69) is 0 Å². The van der Waals surface area contributed by atoms with E-state index < -0.39 is 26.8 Å². The third kappa shape index (κ3) is 10.1. The van der Waals surface area contributed by atoms with E-state index in [4.69, 9.17) is 17.5 Å². The van der Waals surface area contributed by atoms with Gasteiger partial charge in [-0.25, -0.2) is 18.0 Å². The first-order valence-corrected chi connectivity index (χ1v) is 11.9. The molecule has 0 aliphatic rings. The number of amides is 2. The van der Waals surface area contributed by atoms with Gasteiger partial charge in [-0.15, -0.1) is 0 Å². The van der Waals surface area contributed by atoms with Crippen molar-refractivity contribution in [2.75, 3.05) is 20.2 Å². The van der Waals surface area contributed by atoms with E-state index in [1.54, 1.807) is 25.2 Å². The number of rotatable bonds is 11. The Bertz CT molecular complexity index is 796. The molecule has 0 heterocycles. The van der Waals surface area contributed by atoms with Gasteiger partial charge in [-0.05, 0) is 45.7 Å². The van der Waals surface area contributed by atoms with Crippen LogP contribution in [0.2, 0.25) is 0 Å². The second-order valence-electron chi connectivity index (χ2n) is 8.33. The molecule has 8 nitrogen and oxygen atoms in total. The number of benzene rings is 1. The SMILES string of the molecule is [B]NC(=O)OCC(CCCCCCN(C)C(=O)OC(C)(C)C)S(=O)(=O)c1ccccc1. The summed E-state index contributed by atoms with van der Waals surface area (Å²) in [6, 6.07) is 8.09. The third-order valence-corrected chi connectivity index (χ3v) is 6.68. The lowest BCUT2D eigenvalue weighted by Gasteiger charge is -2.24. The summed E-state index contributed by atoms with van der Waals surface area (Å²) < 4.78 is 36.1. The summed E-state index contributed by atoms with van der Waals surface area (Å²) in [4.78, 5) is 25.0. The van der Waals surface area contributed by atoms with Gasteiger partial charge in [-0.1, -0.05) is 37.5 Å². The highest BCUT2D eigenvalue weighted by atomic mass is 32.2. The Morgan fingerprint density at radius 2 is 1.71 bits per heavy atom. The van der Waals surface area contributed by atoms with E-state index in [-0.39, 0.29) is 17.6 Å². The van der Waals surface area contributed by atoms with Crippen molar-refractivity contribution in [3.05, 3.63) is 30.3 Å². The molecule has 0 spiro atoms. The van der Waals surface area contributed by atoms with Crippen molar-refractivity contribution in [3.8, 4) is 0 Å². The molecule has 0 bridgehead atoms. The van der Waals surface area contributed by atoms with Gasteiger partial charge in [0.2, 0.25) is 7.98 Å². The molecule has 31 heavy (non-hydrogen) atoms. The van der Waals surface area contributed by atoms with E-state index >= 15 is 0 Å². The van der Waals surface area contributed by atoms with Crippen LogP contribution in [0.4, 0.5) is 9.59 Å². The highest BCUT2D eigenvalue weighted by Crippen LogP contribution is 2.21. The maximum absolute atomic E-state index is 12.9. The Morgan fingerprint density at radius 1 is 1.10 bits per heavy atom. The molecule has 1 atom stereocenters. The number of unbranched alkanes of at least 4 members (excludes halogenated alkanes) is 3. The lowest BCUT2D eigenvalue weighted by atomic mass is 10.1. The second kappa shape index (κ2) is 12.6. The van der Waals surface area contributed by atoms with Crippen LogP contribution in [0.3, 0.4) is 0 Å². The molecule has 0 saturated carbocycles. The highest BCUT2D eigenvalue weighted by molar-refractivity contribution is 7.92. The average molecular weight is 452 g/mol. The summed E-state index contributed by atoms with van der Waals surface area (Å²) in [5, 5.41) is 0.967. The van der Waals surface area contributed by atoms with Gasteiger partial charge in [-0.3, -0.25) is 0 Å². The molecule has 1 N–H and O–H groups in total. The van der Waals surface area contributed by atoms with Gasteiger partial charge < -0.3 is 19.6 Å². The zero-order valence-corrected chi connectivity index (χ0v) is 19.6. The normalized spacial score (nSPS) is 12.6. The Morgan fingerprint density at radius 3 is 2.29 bits per heavy atom. The van der Waals surface area contributed by atoms with E-state index in [0.717, 1.165) is 19.3 Å². The van der Waals surface area contributed by atoms with Gasteiger partial charge in [-0.2, -0.15) is 0 Å². The van der Waals surface area contributed by atoms with Crippen LogP contribution in [0.25, 0.3) is 0 Å². The first-order valence-electron chi connectivity index (χ1n) is 10.3. The third-order valence-electron chi connectivity index (χ3n) is 4.50. The number of carbonyl (C=O) groups excluding carboxylic acids is 2. The van der Waals surface area contributed by atoms with Gasteiger partial charge in [0.25, 0.3) is 0 Å². The van der Waals surface area contributed by atoms with E-state index in [1.165, 1.54) is 17.0 Å². The average Bonchev–Trinajstić information content (AvgIpc) is 2.71. The highest BCUT2D eigenvalue weighted by Gasteiger charge is 2.28. The van der Waals surface area contributed by atoms with Crippen molar-refractivity contribution in [2.45, 2.75) is 68.6 Å². The molecule has 1 aromatic rings. The molecule has 1 aromatic carbocycles. The van der Waals surface area contributed by atoms with Crippen LogP contribution in [-0.4, -0.2) is 64.5 Å². The van der Waals surface area contributed by atoms with Crippen LogP contribution in [-0.2, 0) is 19.3 Å². The molecule has 0 aliphatic carbocycles. The fourth-order valence-corrected chi connectivity index (χ4v) is 4.49. The van der Waals surface area contributed by atoms with Crippen molar-refractivity contribution < 1.29 is 27.5 Å². The standard InChI is InChI=1S/C21H33BN2O6S/c1-21(2,3)30-20(26)24(4)15-11-6-5-8-14-18(16-29-19(25)23-22)31(27,28)17-12-9-7-10-13-17/h7,9-10,12-13,18H,5-6,8,11,14-16H2,1-4H3,(H,23,25). The summed E-state index contributed by atoms with van der Waals surface area (Å²) in [5.74, 6) is 0. The van der Waals surface area contributed by atoms with Crippen molar-refractivity contribution in [1.82, 2.24) is 10.1 Å². The number of ether oxygens (including phenoxy) is 2. The molecule has 0 aromatic heterocycles. The zero-order valence-electron chi connectivity index (χ0n) is 18.8. The molecule has 0 fully saturated rings. The quantitative estimate of drug-likeness (QED) is 0.408. The maximum atomic E-state index is 12.9. The van der Waals surface area contributed by atoms with Crippen molar-refractivity contribution in [3.63, 3.8) is 0 Å². The fourth-order valence-electron chi connectivity index (χ4n) is 2.85. The number of sulfone groups is 1. The van der Waals surface area contributed by atoms with Crippen molar-refractivity contribution >= 4 is 30.0 Å². The van der Waals surface area contributed by atoms with Gasteiger partial charge in [0.15, 0.2) is 9.84 Å². The van der Waals surface area contributed by atoms with Crippen LogP contribution >= 0.6 is 0 Å². The maximum Gasteiger partial charge on any atom is 0.410 e. The topological polar surface area (TPSA) is 102 Å². The number of nitrogens with one attached hydrogen (secondary N) is 1. The van der Waals surface area contributed by atoms with Gasteiger partial charge in [0.05, 0.1) is 4.90 Å². The minimum atomic E-state index is -3.66. The first-order chi connectivity index (χ1) is 14.5. The van der Waals surface area contributed by atoms with Gasteiger partial charge in [0.1, 0.15) is 17.5 Å². The summed E-state index contributed by atoms with van der Waals surface area (Å²) in [6.07, 6.45) is 2.13. The molecule has 2 radical (unpaired) electrons. The van der Waals surface area contributed by atoms with E-state index in [9.17, 15) is 18.0 Å². The molecule has 1 rings (SSSR count). The summed E-state index contributed by atoms with van der Waals surface area (Å²) in [7, 11) is 3.04. The monoisotopic (exact) mass is 452 g/mol. The van der Waals surface area contributed by atoms with Gasteiger partial charge >= 0.3 is 12.2 Å². The number of carbonyl (C=O) groups is 2. The van der Waals surface area contributed by atoms with Crippen LogP contribution in [0, 0.1) is 0 Å². The minimum Gasteiger partial charge on any atom is -0.449 e. The first kappa shape index (κ1) is 26.8. The van der Waals surface area contributed by atoms with Crippen LogP contribution in [0.15, 0.2) is 35.2 Å². The lowest BCUT2D eigenvalue weighted by molar-refractivity contribution is 0.0296. The van der Waals surface area contributed by atoms with E-state index in [1.807, 2.05) is 26.0 Å². The number of hydrogen-bond acceptors (Lipinski definition) is 6. The molecule has 0 aliphatic heterocycles. The summed E-state index contributed by atoms with van der Waals surface area (Å²) in [5.41, 5.74) is -0.534.